The van der Waals surface area contributed by atoms with Gasteiger partial charge < -0.3 is 16.8 Å². The van der Waals surface area contributed by atoms with E-state index < -0.39 is 0 Å². The Morgan fingerprint density at radius 1 is 1.00 bits per heavy atom. The van der Waals surface area contributed by atoms with Gasteiger partial charge in [-0.3, -0.25) is 4.79 Å². The average molecular weight is 320 g/mol. The lowest BCUT2D eigenvalue weighted by Crippen LogP contribution is -2.05. The van der Waals surface area contributed by atoms with Crippen molar-refractivity contribution in [3.05, 3.63) is 48.7 Å². The molecule has 0 bridgehead atoms. The molecule has 0 saturated carbocycles. The summed E-state index contributed by atoms with van der Waals surface area (Å²) < 4.78 is 0. The van der Waals surface area contributed by atoms with Gasteiger partial charge in [-0.2, -0.15) is 0 Å². The number of hydrogen-bond acceptors (Lipinski definition) is 6. The highest BCUT2D eigenvalue weighted by Gasteiger charge is 2.08. The Morgan fingerprint density at radius 3 is 2.42 bits per heavy atom. The molecule has 5 N–H and O–H groups in total. The minimum atomic E-state index is -0.136. The van der Waals surface area contributed by atoms with Crippen molar-refractivity contribution in [2.45, 2.75) is 6.92 Å². The Bertz CT molecular complexity index is 892. The Balaban J connectivity index is 2.03. The van der Waals surface area contributed by atoms with Gasteiger partial charge in [0.05, 0.1) is 11.4 Å². The first-order valence-corrected chi connectivity index (χ1v) is 7.26. The van der Waals surface area contributed by atoms with Gasteiger partial charge in [0, 0.05) is 29.9 Å². The SMILES string of the molecule is CC(=O)Nc1cccc(-c2cc(-c3ccc(N)nc3)nc(N)n2)c1. The number of nitrogens with one attached hydrogen (secondary N) is 1. The van der Waals surface area contributed by atoms with Crippen LogP contribution in [0, 0.1) is 0 Å². The number of pyridine rings is 1. The highest BCUT2D eigenvalue weighted by molar-refractivity contribution is 5.89. The van der Waals surface area contributed by atoms with Gasteiger partial charge in [-0.05, 0) is 30.3 Å². The van der Waals surface area contributed by atoms with E-state index in [-0.39, 0.29) is 11.9 Å². The highest BCUT2D eigenvalue weighted by Crippen LogP contribution is 2.26. The van der Waals surface area contributed by atoms with Crippen molar-refractivity contribution in [1.82, 2.24) is 15.0 Å². The number of amides is 1. The van der Waals surface area contributed by atoms with E-state index in [0.29, 0.717) is 22.9 Å². The van der Waals surface area contributed by atoms with Crippen LogP contribution in [0.15, 0.2) is 48.7 Å². The molecular weight excluding hydrogens is 304 g/mol. The van der Waals surface area contributed by atoms with Gasteiger partial charge in [0.25, 0.3) is 0 Å². The standard InChI is InChI=1S/C17H16N6O/c1-10(24)21-13-4-2-3-11(7-13)14-8-15(23-17(19)22-14)12-5-6-16(18)20-9-12/h2-9H,1H3,(H2,18,20)(H,21,24)(H2,19,22,23). The van der Waals surface area contributed by atoms with Crippen molar-refractivity contribution in [3.63, 3.8) is 0 Å². The Labute approximate surface area is 138 Å². The predicted octanol–water partition coefficient (Wildman–Crippen LogP) is 2.33. The van der Waals surface area contributed by atoms with E-state index in [1.807, 2.05) is 30.3 Å². The number of aromatic nitrogens is 3. The number of carbonyl (C=O) groups is 1. The lowest BCUT2D eigenvalue weighted by molar-refractivity contribution is -0.114. The second-order valence-corrected chi connectivity index (χ2v) is 5.23. The van der Waals surface area contributed by atoms with Crippen LogP contribution >= 0.6 is 0 Å². The van der Waals surface area contributed by atoms with Gasteiger partial charge in [-0.1, -0.05) is 12.1 Å². The minimum Gasteiger partial charge on any atom is -0.384 e. The first kappa shape index (κ1) is 15.4. The molecule has 0 atom stereocenters. The summed E-state index contributed by atoms with van der Waals surface area (Å²) >= 11 is 0. The third-order valence-electron chi connectivity index (χ3n) is 3.30. The van der Waals surface area contributed by atoms with Crippen molar-refractivity contribution in [2.24, 2.45) is 0 Å². The summed E-state index contributed by atoms with van der Waals surface area (Å²) in [7, 11) is 0. The molecule has 3 aromatic rings. The van der Waals surface area contributed by atoms with E-state index in [2.05, 4.69) is 20.3 Å². The van der Waals surface area contributed by atoms with Gasteiger partial charge in [-0.25, -0.2) is 15.0 Å². The van der Waals surface area contributed by atoms with Crippen molar-refractivity contribution < 1.29 is 4.79 Å². The van der Waals surface area contributed by atoms with Gasteiger partial charge in [0.2, 0.25) is 11.9 Å². The quantitative estimate of drug-likeness (QED) is 0.681. The van der Waals surface area contributed by atoms with Crippen molar-refractivity contribution in [3.8, 4) is 22.5 Å². The average Bonchev–Trinajstić information content (AvgIpc) is 2.54. The molecule has 24 heavy (non-hydrogen) atoms. The zero-order valence-electron chi connectivity index (χ0n) is 13.0. The van der Waals surface area contributed by atoms with Crippen LogP contribution in [0.1, 0.15) is 6.92 Å². The van der Waals surface area contributed by atoms with Crippen LogP contribution in [0.4, 0.5) is 17.5 Å². The molecule has 2 heterocycles. The number of carbonyl (C=O) groups excluding carboxylic acids is 1. The zero-order chi connectivity index (χ0) is 17.1. The first-order valence-electron chi connectivity index (χ1n) is 7.26. The smallest absolute Gasteiger partial charge is 0.221 e. The van der Waals surface area contributed by atoms with Crippen molar-refractivity contribution >= 4 is 23.4 Å². The van der Waals surface area contributed by atoms with Crippen LogP contribution in [-0.4, -0.2) is 20.9 Å². The zero-order valence-corrected chi connectivity index (χ0v) is 13.0. The molecule has 2 aromatic heterocycles. The van der Waals surface area contributed by atoms with Crippen LogP contribution in [0.2, 0.25) is 0 Å². The van der Waals surface area contributed by atoms with E-state index in [9.17, 15) is 4.79 Å². The minimum absolute atomic E-state index is 0.136. The number of hydrogen-bond donors (Lipinski definition) is 3. The van der Waals surface area contributed by atoms with Crippen LogP contribution in [0.5, 0.6) is 0 Å². The number of nitrogens with zero attached hydrogens (tertiary/aromatic N) is 3. The van der Waals surface area contributed by atoms with Crippen LogP contribution in [-0.2, 0) is 4.79 Å². The largest absolute Gasteiger partial charge is 0.384 e. The number of rotatable bonds is 3. The molecule has 0 aliphatic rings. The maximum Gasteiger partial charge on any atom is 0.221 e. The molecule has 120 valence electrons. The third kappa shape index (κ3) is 3.46. The normalized spacial score (nSPS) is 10.4. The molecule has 3 rings (SSSR count). The highest BCUT2D eigenvalue weighted by atomic mass is 16.1. The number of anilines is 3. The third-order valence-corrected chi connectivity index (χ3v) is 3.30. The number of benzene rings is 1. The number of nitrogen functional groups attached to an aromatic ring is 2. The summed E-state index contributed by atoms with van der Waals surface area (Å²) in [6.07, 6.45) is 1.63. The van der Waals surface area contributed by atoms with E-state index >= 15 is 0 Å². The molecule has 0 unspecified atom stereocenters. The first-order chi connectivity index (χ1) is 11.5. The van der Waals surface area contributed by atoms with E-state index in [4.69, 9.17) is 11.5 Å². The summed E-state index contributed by atoms with van der Waals surface area (Å²) in [5, 5.41) is 2.74. The van der Waals surface area contributed by atoms with Gasteiger partial charge in [0.15, 0.2) is 0 Å². The molecule has 0 saturated heterocycles. The van der Waals surface area contributed by atoms with Gasteiger partial charge in [0.1, 0.15) is 5.82 Å². The summed E-state index contributed by atoms with van der Waals surface area (Å²) in [5.74, 6) is 0.455. The molecular formula is C17H16N6O. The summed E-state index contributed by atoms with van der Waals surface area (Å²) in [6.45, 7) is 1.46. The Kier molecular flexibility index (Phi) is 4.07. The molecule has 0 fully saturated rings. The molecule has 0 spiro atoms. The monoisotopic (exact) mass is 320 g/mol. The molecule has 7 nitrogen and oxygen atoms in total. The fourth-order valence-electron chi connectivity index (χ4n) is 2.28. The van der Waals surface area contributed by atoms with Crippen molar-refractivity contribution in [2.75, 3.05) is 16.8 Å². The maximum atomic E-state index is 11.2. The lowest BCUT2D eigenvalue weighted by Gasteiger charge is -2.08. The number of nitrogens with two attached hydrogens (primary N) is 2. The lowest BCUT2D eigenvalue weighted by atomic mass is 10.1. The molecule has 1 aromatic carbocycles. The van der Waals surface area contributed by atoms with E-state index in [1.165, 1.54) is 6.92 Å². The molecule has 1 amide bonds. The van der Waals surface area contributed by atoms with Crippen LogP contribution in [0.3, 0.4) is 0 Å². The Hall–Kier alpha value is -3.48. The Morgan fingerprint density at radius 2 is 1.75 bits per heavy atom. The second kappa shape index (κ2) is 6.33. The predicted molar refractivity (Wildman–Crippen MR) is 93.8 cm³/mol. The fourth-order valence-corrected chi connectivity index (χ4v) is 2.28. The van der Waals surface area contributed by atoms with E-state index in [1.54, 1.807) is 18.3 Å². The van der Waals surface area contributed by atoms with Crippen molar-refractivity contribution in [1.29, 1.82) is 0 Å². The summed E-state index contributed by atoms with van der Waals surface area (Å²) in [4.78, 5) is 23.8. The second-order valence-electron chi connectivity index (χ2n) is 5.23. The van der Waals surface area contributed by atoms with Crippen LogP contribution < -0.4 is 16.8 Å². The van der Waals surface area contributed by atoms with E-state index in [0.717, 1.165) is 11.1 Å². The summed E-state index contributed by atoms with van der Waals surface area (Å²) in [6, 6.07) is 12.7. The molecule has 0 aliphatic heterocycles. The van der Waals surface area contributed by atoms with Gasteiger partial charge in [-0.15, -0.1) is 0 Å². The molecule has 0 aliphatic carbocycles. The topological polar surface area (TPSA) is 120 Å². The molecule has 0 radical (unpaired) electrons. The summed E-state index contributed by atoms with van der Waals surface area (Å²) in [5.41, 5.74) is 15.1. The van der Waals surface area contributed by atoms with Gasteiger partial charge >= 0.3 is 0 Å². The molecule has 7 heteroatoms. The maximum absolute atomic E-state index is 11.2. The fraction of sp³-hybridized carbons (Fsp3) is 0.0588. The van der Waals surface area contributed by atoms with Crippen LogP contribution in [0.25, 0.3) is 22.5 Å².